The molecule has 23 heavy (non-hydrogen) atoms. The quantitative estimate of drug-likeness (QED) is 0.892. The molecule has 1 aliphatic rings. The van der Waals surface area contributed by atoms with E-state index in [-0.39, 0.29) is 6.42 Å². The van der Waals surface area contributed by atoms with E-state index in [2.05, 4.69) is 4.90 Å². The molecule has 2 N–H and O–H groups in total. The van der Waals surface area contributed by atoms with E-state index in [0.717, 1.165) is 5.56 Å². The van der Waals surface area contributed by atoms with Crippen molar-refractivity contribution >= 4 is 5.91 Å². The molecule has 4 nitrogen and oxygen atoms in total. The number of aliphatic hydroxyl groups is 1. The van der Waals surface area contributed by atoms with E-state index in [1.54, 1.807) is 0 Å². The van der Waals surface area contributed by atoms with Crippen molar-refractivity contribution in [2.24, 2.45) is 0 Å². The Bertz CT molecular complexity index is 536. The van der Waals surface area contributed by atoms with Crippen LogP contribution >= 0.6 is 0 Å². The fourth-order valence-electron chi connectivity index (χ4n) is 2.77. The zero-order valence-corrected chi connectivity index (χ0v) is 12.9. The number of halogens is 3. The Kier molecular flexibility index (Phi) is 5.31. The summed E-state index contributed by atoms with van der Waals surface area (Å²) >= 11 is 0. The van der Waals surface area contributed by atoms with Crippen molar-refractivity contribution in [2.75, 3.05) is 13.1 Å². The number of nitrogens with zero attached hydrogens (tertiary/aromatic N) is 1. The topological polar surface area (TPSA) is 52.6 Å². The predicted molar refractivity (Wildman–Crippen MR) is 79.6 cm³/mol. The first-order chi connectivity index (χ1) is 10.7. The van der Waals surface area contributed by atoms with E-state index in [4.69, 9.17) is 0 Å². The zero-order chi connectivity index (χ0) is 17.1. The van der Waals surface area contributed by atoms with Gasteiger partial charge >= 0.3 is 12.1 Å². The highest BCUT2D eigenvalue weighted by molar-refractivity contribution is 5.82. The summed E-state index contributed by atoms with van der Waals surface area (Å²) in [5, 5.41) is 12.2. The standard InChI is InChI=1S/C16H21F3N2O2/c1-15(20-14(23)16(17,18)19)8-10-21(9-7-13(15)22)11-12-5-3-2-4-6-12/h2-6,13,22H,7-11H2,1H3,(H,20,23). The van der Waals surface area contributed by atoms with E-state index in [1.165, 1.54) is 6.92 Å². The fourth-order valence-corrected chi connectivity index (χ4v) is 2.77. The van der Waals surface area contributed by atoms with E-state index in [9.17, 15) is 23.1 Å². The minimum Gasteiger partial charge on any atom is -0.391 e. The second kappa shape index (κ2) is 6.88. The molecule has 1 amide bonds. The molecule has 1 aromatic carbocycles. The number of hydrogen-bond donors (Lipinski definition) is 2. The number of likely N-dealkylation sites (tertiary alicyclic amines) is 1. The van der Waals surface area contributed by atoms with Gasteiger partial charge in [-0.05, 0) is 25.3 Å². The van der Waals surface area contributed by atoms with Crippen molar-refractivity contribution in [3.63, 3.8) is 0 Å². The normalized spacial score (nSPS) is 26.6. The van der Waals surface area contributed by atoms with Gasteiger partial charge in [-0.15, -0.1) is 0 Å². The molecule has 7 heteroatoms. The molecule has 2 atom stereocenters. The highest BCUT2D eigenvalue weighted by Gasteiger charge is 2.45. The maximum absolute atomic E-state index is 12.5. The monoisotopic (exact) mass is 330 g/mol. The van der Waals surface area contributed by atoms with Crippen molar-refractivity contribution < 1.29 is 23.1 Å². The number of amides is 1. The van der Waals surface area contributed by atoms with E-state index in [1.807, 2.05) is 35.6 Å². The first-order valence-corrected chi connectivity index (χ1v) is 7.54. The number of nitrogens with one attached hydrogen (secondary N) is 1. The molecule has 1 aromatic rings. The van der Waals surface area contributed by atoms with Crippen LogP contribution in [0.3, 0.4) is 0 Å². The third-order valence-corrected chi connectivity index (χ3v) is 4.31. The summed E-state index contributed by atoms with van der Waals surface area (Å²) in [6.45, 7) is 3.19. The van der Waals surface area contributed by atoms with Crippen LogP contribution in [-0.2, 0) is 11.3 Å². The van der Waals surface area contributed by atoms with Crippen molar-refractivity contribution in [1.29, 1.82) is 0 Å². The van der Waals surface area contributed by atoms with Gasteiger partial charge in [-0.2, -0.15) is 13.2 Å². The lowest BCUT2D eigenvalue weighted by Crippen LogP contribution is -2.57. The van der Waals surface area contributed by atoms with Crippen LogP contribution in [0.15, 0.2) is 30.3 Å². The summed E-state index contributed by atoms with van der Waals surface area (Å²) in [7, 11) is 0. The molecule has 1 fully saturated rings. The second-order valence-corrected chi connectivity index (χ2v) is 6.19. The highest BCUT2D eigenvalue weighted by atomic mass is 19.4. The maximum Gasteiger partial charge on any atom is 0.471 e. The van der Waals surface area contributed by atoms with Gasteiger partial charge in [-0.3, -0.25) is 9.69 Å². The van der Waals surface area contributed by atoms with Gasteiger partial charge < -0.3 is 10.4 Å². The van der Waals surface area contributed by atoms with Crippen LogP contribution in [0.5, 0.6) is 0 Å². The Morgan fingerprint density at radius 1 is 1.35 bits per heavy atom. The summed E-state index contributed by atoms with van der Waals surface area (Å²) in [4.78, 5) is 13.3. The van der Waals surface area contributed by atoms with Crippen molar-refractivity contribution in [3.8, 4) is 0 Å². The lowest BCUT2D eigenvalue weighted by atomic mass is 9.90. The van der Waals surface area contributed by atoms with E-state index < -0.39 is 23.7 Å². The molecule has 0 aromatic heterocycles. The molecule has 0 bridgehead atoms. The van der Waals surface area contributed by atoms with Gasteiger partial charge in [0, 0.05) is 19.6 Å². The molecule has 128 valence electrons. The zero-order valence-electron chi connectivity index (χ0n) is 12.9. The predicted octanol–water partition coefficient (Wildman–Crippen LogP) is 2.08. The third-order valence-electron chi connectivity index (χ3n) is 4.31. The minimum atomic E-state index is -4.95. The molecule has 1 aliphatic heterocycles. The Morgan fingerprint density at radius 3 is 2.61 bits per heavy atom. The molecular weight excluding hydrogens is 309 g/mol. The summed E-state index contributed by atoms with van der Waals surface area (Å²) < 4.78 is 37.4. The molecule has 1 heterocycles. The van der Waals surface area contributed by atoms with Crippen molar-refractivity contribution in [1.82, 2.24) is 10.2 Å². The Balaban J connectivity index is 2.01. The molecule has 0 saturated carbocycles. The van der Waals surface area contributed by atoms with Gasteiger partial charge in [0.1, 0.15) is 0 Å². The molecular formula is C16H21F3N2O2. The molecule has 1 saturated heterocycles. The molecule has 2 rings (SSSR count). The van der Waals surface area contributed by atoms with Gasteiger partial charge in [0.15, 0.2) is 0 Å². The number of alkyl halides is 3. The van der Waals surface area contributed by atoms with Crippen LogP contribution in [0.25, 0.3) is 0 Å². The molecule has 0 aliphatic carbocycles. The Hall–Kier alpha value is -1.60. The van der Waals surface area contributed by atoms with Gasteiger partial charge in [0.2, 0.25) is 0 Å². The van der Waals surface area contributed by atoms with Crippen LogP contribution in [0.4, 0.5) is 13.2 Å². The van der Waals surface area contributed by atoms with E-state index >= 15 is 0 Å². The Morgan fingerprint density at radius 2 is 2.00 bits per heavy atom. The number of rotatable bonds is 3. The first-order valence-electron chi connectivity index (χ1n) is 7.54. The minimum absolute atomic E-state index is 0.253. The summed E-state index contributed by atoms with van der Waals surface area (Å²) in [5.74, 6) is -2.00. The number of aliphatic hydroxyl groups excluding tert-OH is 1. The number of benzene rings is 1. The lowest BCUT2D eigenvalue weighted by molar-refractivity contribution is -0.177. The van der Waals surface area contributed by atoms with E-state index in [0.29, 0.717) is 26.1 Å². The fraction of sp³-hybridized carbons (Fsp3) is 0.562. The smallest absolute Gasteiger partial charge is 0.391 e. The van der Waals surface area contributed by atoms with Gasteiger partial charge in [-0.1, -0.05) is 30.3 Å². The molecule has 2 unspecified atom stereocenters. The largest absolute Gasteiger partial charge is 0.471 e. The number of carbonyl (C=O) groups excluding carboxylic acids is 1. The highest BCUT2D eigenvalue weighted by Crippen LogP contribution is 2.26. The van der Waals surface area contributed by atoms with Gasteiger partial charge in [-0.25, -0.2) is 0 Å². The van der Waals surface area contributed by atoms with Crippen molar-refractivity contribution in [3.05, 3.63) is 35.9 Å². The summed E-state index contributed by atoms with van der Waals surface area (Å²) in [6.07, 6.45) is -5.40. The molecule has 0 spiro atoms. The lowest BCUT2D eigenvalue weighted by Gasteiger charge is -2.34. The van der Waals surface area contributed by atoms with Crippen LogP contribution < -0.4 is 5.32 Å². The summed E-state index contributed by atoms with van der Waals surface area (Å²) in [6, 6.07) is 9.72. The summed E-state index contributed by atoms with van der Waals surface area (Å²) in [5.41, 5.74) is -0.178. The number of carbonyl (C=O) groups is 1. The average Bonchev–Trinajstić information content (AvgIpc) is 2.61. The SMILES string of the molecule is CC1(NC(=O)C(F)(F)F)CCN(Cc2ccccc2)CCC1O. The maximum atomic E-state index is 12.5. The molecule has 0 radical (unpaired) electrons. The van der Waals surface area contributed by atoms with Crippen LogP contribution in [0.2, 0.25) is 0 Å². The second-order valence-electron chi connectivity index (χ2n) is 6.19. The van der Waals surface area contributed by atoms with Gasteiger partial charge in [0.25, 0.3) is 0 Å². The first kappa shape index (κ1) is 17.7. The Labute approximate surface area is 133 Å². The number of hydrogen-bond acceptors (Lipinski definition) is 3. The third kappa shape index (κ3) is 4.68. The van der Waals surface area contributed by atoms with Crippen LogP contribution in [0, 0.1) is 0 Å². The van der Waals surface area contributed by atoms with Gasteiger partial charge in [0.05, 0.1) is 11.6 Å². The average molecular weight is 330 g/mol. The van der Waals surface area contributed by atoms with Crippen LogP contribution in [-0.4, -0.2) is 46.8 Å². The van der Waals surface area contributed by atoms with Crippen molar-refractivity contribution in [2.45, 2.75) is 44.1 Å². The van der Waals surface area contributed by atoms with Crippen LogP contribution in [0.1, 0.15) is 25.3 Å².